The summed E-state index contributed by atoms with van der Waals surface area (Å²) in [4.78, 5) is 2.44. The second kappa shape index (κ2) is 7.04. The van der Waals surface area contributed by atoms with Crippen molar-refractivity contribution >= 4 is 0 Å². The van der Waals surface area contributed by atoms with Gasteiger partial charge in [0.05, 0.1) is 13.2 Å². The average Bonchev–Trinajstić information content (AvgIpc) is 2.83. The van der Waals surface area contributed by atoms with Gasteiger partial charge in [0, 0.05) is 12.6 Å². The first-order valence-electron chi connectivity index (χ1n) is 8.20. The maximum atomic E-state index is 9.99. The number of ether oxygens (including phenoxy) is 1. The van der Waals surface area contributed by atoms with Crippen LogP contribution in [-0.4, -0.2) is 28.8 Å². The van der Waals surface area contributed by atoms with Crippen LogP contribution in [0.5, 0.6) is 11.5 Å². The second-order valence-electron chi connectivity index (χ2n) is 6.20. The average molecular weight is 316 g/mol. The number of rotatable bonds is 4. The third-order valence-electron chi connectivity index (χ3n) is 4.48. The zero-order chi connectivity index (χ0) is 16.2. The summed E-state index contributed by atoms with van der Waals surface area (Å²) in [6.07, 6.45) is 4.74. The van der Waals surface area contributed by atoms with Crippen molar-refractivity contribution in [1.29, 1.82) is 0 Å². The molecular formula is C18H24N2O3. The van der Waals surface area contributed by atoms with E-state index in [1.165, 1.54) is 19.3 Å². The standard InChI is InChI=1S/C18H24N2O3/c1-13-10-15(19-23-13)16-6-4-3-5-9-20(16)12-14-7-8-18(22-2)17(21)11-14/h7-8,10-11,16,21H,3-6,9,12H2,1-2H3/t16-/m1/s1. The lowest BCUT2D eigenvalue weighted by Crippen LogP contribution is -2.28. The van der Waals surface area contributed by atoms with Crippen LogP contribution in [0.25, 0.3) is 0 Å². The van der Waals surface area contributed by atoms with E-state index < -0.39 is 0 Å². The lowest BCUT2D eigenvalue weighted by molar-refractivity contribution is 0.183. The zero-order valence-electron chi connectivity index (χ0n) is 13.8. The fraction of sp³-hybridized carbons (Fsp3) is 0.500. The molecule has 0 bridgehead atoms. The predicted molar refractivity (Wildman–Crippen MR) is 87.5 cm³/mol. The number of nitrogens with zero attached hydrogens (tertiary/aromatic N) is 2. The fourth-order valence-electron chi connectivity index (χ4n) is 3.30. The van der Waals surface area contributed by atoms with Crippen molar-refractivity contribution in [2.24, 2.45) is 0 Å². The van der Waals surface area contributed by atoms with Crippen molar-refractivity contribution in [2.45, 2.75) is 45.2 Å². The molecule has 5 heteroatoms. The highest BCUT2D eigenvalue weighted by molar-refractivity contribution is 5.41. The molecule has 2 heterocycles. The van der Waals surface area contributed by atoms with E-state index in [2.05, 4.69) is 10.1 Å². The molecule has 0 unspecified atom stereocenters. The molecule has 23 heavy (non-hydrogen) atoms. The summed E-state index contributed by atoms with van der Waals surface area (Å²) in [5.41, 5.74) is 2.09. The Morgan fingerprint density at radius 3 is 2.87 bits per heavy atom. The topological polar surface area (TPSA) is 58.7 Å². The molecular weight excluding hydrogens is 292 g/mol. The molecule has 1 aliphatic rings. The van der Waals surface area contributed by atoms with Crippen LogP contribution in [0.3, 0.4) is 0 Å². The van der Waals surface area contributed by atoms with Crippen molar-refractivity contribution in [3.8, 4) is 11.5 Å². The largest absolute Gasteiger partial charge is 0.504 e. The Hall–Kier alpha value is -2.01. The van der Waals surface area contributed by atoms with E-state index in [9.17, 15) is 5.11 Å². The lowest BCUT2D eigenvalue weighted by Gasteiger charge is -2.28. The second-order valence-corrected chi connectivity index (χ2v) is 6.20. The van der Waals surface area contributed by atoms with Crippen molar-refractivity contribution in [3.63, 3.8) is 0 Å². The van der Waals surface area contributed by atoms with Gasteiger partial charge in [0.2, 0.25) is 0 Å². The minimum absolute atomic E-state index is 0.189. The monoisotopic (exact) mass is 316 g/mol. The Kier molecular flexibility index (Phi) is 4.86. The Morgan fingerprint density at radius 1 is 1.30 bits per heavy atom. The van der Waals surface area contributed by atoms with E-state index >= 15 is 0 Å². The summed E-state index contributed by atoms with van der Waals surface area (Å²) in [5.74, 6) is 1.55. The van der Waals surface area contributed by atoms with Gasteiger partial charge in [-0.15, -0.1) is 0 Å². The van der Waals surface area contributed by atoms with Gasteiger partial charge in [-0.2, -0.15) is 0 Å². The van der Waals surface area contributed by atoms with E-state index in [4.69, 9.17) is 9.26 Å². The van der Waals surface area contributed by atoms with Crippen LogP contribution < -0.4 is 4.74 Å². The molecule has 1 atom stereocenters. The molecule has 5 nitrogen and oxygen atoms in total. The molecule has 0 amide bonds. The third-order valence-corrected chi connectivity index (χ3v) is 4.48. The highest BCUT2D eigenvalue weighted by Gasteiger charge is 2.25. The first-order chi connectivity index (χ1) is 11.2. The highest BCUT2D eigenvalue weighted by atomic mass is 16.5. The van der Waals surface area contributed by atoms with Crippen molar-refractivity contribution in [1.82, 2.24) is 10.1 Å². The van der Waals surface area contributed by atoms with Crippen LogP contribution in [0, 0.1) is 6.92 Å². The van der Waals surface area contributed by atoms with Gasteiger partial charge in [-0.05, 0) is 44.0 Å². The molecule has 0 radical (unpaired) electrons. The fourth-order valence-corrected chi connectivity index (χ4v) is 3.30. The molecule has 0 aliphatic carbocycles. The molecule has 1 saturated heterocycles. The molecule has 0 saturated carbocycles. The van der Waals surface area contributed by atoms with Crippen LogP contribution in [-0.2, 0) is 6.54 Å². The molecule has 3 rings (SSSR count). The maximum Gasteiger partial charge on any atom is 0.160 e. The van der Waals surface area contributed by atoms with Gasteiger partial charge in [-0.3, -0.25) is 4.90 Å². The summed E-state index contributed by atoms with van der Waals surface area (Å²) < 4.78 is 10.4. The first kappa shape index (κ1) is 15.9. The summed E-state index contributed by atoms with van der Waals surface area (Å²) in [6.45, 7) is 3.75. The maximum absolute atomic E-state index is 9.99. The number of aromatic nitrogens is 1. The Labute approximate surface area is 136 Å². The third kappa shape index (κ3) is 3.67. The summed E-state index contributed by atoms with van der Waals surface area (Å²) in [5, 5.41) is 14.2. The number of methoxy groups -OCH3 is 1. The van der Waals surface area contributed by atoms with Crippen LogP contribution in [0.2, 0.25) is 0 Å². The molecule has 0 spiro atoms. The van der Waals surface area contributed by atoms with Crippen LogP contribution in [0.15, 0.2) is 28.8 Å². The number of benzene rings is 1. The number of aromatic hydroxyl groups is 1. The first-order valence-corrected chi connectivity index (χ1v) is 8.20. The van der Waals surface area contributed by atoms with Gasteiger partial charge >= 0.3 is 0 Å². The molecule has 1 N–H and O–H groups in total. The quantitative estimate of drug-likeness (QED) is 0.929. The zero-order valence-corrected chi connectivity index (χ0v) is 13.8. The van der Waals surface area contributed by atoms with Crippen molar-refractivity contribution in [2.75, 3.05) is 13.7 Å². The Balaban J connectivity index is 1.81. The molecule has 2 aromatic rings. The van der Waals surface area contributed by atoms with Crippen LogP contribution in [0.4, 0.5) is 0 Å². The minimum Gasteiger partial charge on any atom is -0.504 e. The van der Waals surface area contributed by atoms with Gasteiger partial charge in [-0.1, -0.05) is 24.1 Å². The van der Waals surface area contributed by atoms with Crippen molar-refractivity contribution in [3.05, 3.63) is 41.3 Å². The normalized spacial score (nSPS) is 19.5. The molecule has 124 valence electrons. The lowest BCUT2D eigenvalue weighted by atomic mass is 10.1. The molecule has 1 aromatic heterocycles. The van der Waals surface area contributed by atoms with Crippen molar-refractivity contribution < 1.29 is 14.4 Å². The van der Waals surface area contributed by atoms with E-state index in [1.807, 2.05) is 25.1 Å². The number of hydrogen-bond donors (Lipinski definition) is 1. The number of phenols is 1. The van der Waals surface area contributed by atoms with E-state index in [-0.39, 0.29) is 11.8 Å². The van der Waals surface area contributed by atoms with E-state index in [1.54, 1.807) is 13.2 Å². The number of aryl methyl sites for hydroxylation is 1. The van der Waals surface area contributed by atoms with Gasteiger partial charge in [0.1, 0.15) is 11.5 Å². The van der Waals surface area contributed by atoms with E-state index in [0.29, 0.717) is 5.75 Å². The predicted octanol–water partition coefficient (Wildman–Crippen LogP) is 3.81. The highest BCUT2D eigenvalue weighted by Crippen LogP contribution is 2.33. The van der Waals surface area contributed by atoms with E-state index in [0.717, 1.165) is 36.5 Å². The number of likely N-dealkylation sites (tertiary alicyclic amines) is 1. The van der Waals surface area contributed by atoms with Gasteiger partial charge in [0.25, 0.3) is 0 Å². The molecule has 1 fully saturated rings. The van der Waals surface area contributed by atoms with Gasteiger partial charge in [-0.25, -0.2) is 0 Å². The molecule has 1 aromatic carbocycles. The van der Waals surface area contributed by atoms with Crippen LogP contribution in [0.1, 0.15) is 48.7 Å². The SMILES string of the molecule is COc1ccc(CN2CCCCC[C@@H]2c2cc(C)on2)cc1O. The number of phenolic OH excluding ortho intramolecular Hbond substituents is 1. The summed E-state index contributed by atoms with van der Waals surface area (Å²) in [6, 6.07) is 7.93. The van der Waals surface area contributed by atoms with Crippen LogP contribution >= 0.6 is 0 Å². The Bertz CT molecular complexity index is 653. The molecule has 1 aliphatic heterocycles. The number of hydrogen-bond acceptors (Lipinski definition) is 5. The summed E-state index contributed by atoms with van der Waals surface area (Å²) >= 11 is 0. The Morgan fingerprint density at radius 2 is 2.17 bits per heavy atom. The minimum atomic E-state index is 0.189. The van der Waals surface area contributed by atoms with Gasteiger partial charge in [0.15, 0.2) is 11.5 Å². The smallest absolute Gasteiger partial charge is 0.160 e. The van der Waals surface area contributed by atoms with Gasteiger partial charge < -0.3 is 14.4 Å². The summed E-state index contributed by atoms with van der Waals surface area (Å²) in [7, 11) is 1.56.